The molecule has 0 amide bonds. The molecule has 5 nitrogen and oxygen atoms in total. The molecule has 2 N–H and O–H groups in total. The van der Waals surface area contributed by atoms with Crippen molar-refractivity contribution in [1.29, 1.82) is 0 Å². The van der Waals surface area contributed by atoms with Crippen molar-refractivity contribution in [3.8, 4) is 11.3 Å². The lowest BCUT2D eigenvalue weighted by Crippen LogP contribution is -2.43. The van der Waals surface area contributed by atoms with E-state index in [4.69, 9.17) is 5.14 Å². The normalized spacial score (nSPS) is 23.5. The lowest BCUT2D eigenvalue weighted by Gasteiger charge is -2.30. The average molecular weight is 447 g/mol. The summed E-state index contributed by atoms with van der Waals surface area (Å²) >= 11 is 0. The quantitative estimate of drug-likeness (QED) is 0.728. The summed E-state index contributed by atoms with van der Waals surface area (Å²) in [5.41, 5.74) is -1.38. The third-order valence-corrected chi connectivity index (χ3v) is 7.13. The molecule has 1 aliphatic heterocycles. The van der Waals surface area contributed by atoms with Gasteiger partial charge in [0, 0.05) is 18.7 Å². The Morgan fingerprint density at radius 3 is 2.17 bits per heavy atom. The van der Waals surface area contributed by atoms with E-state index in [1.165, 1.54) is 24.3 Å². The molecule has 1 aromatic carbocycles. The van der Waals surface area contributed by atoms with E-state index < -0.39 is 39.2 Å². The van der Waals surface area contributed by atoms with E-state index in [2.05, 4.69) is 4.98 Å². The van der Waals surface area contributed by atoms with Crippen molar-refractivity contribution in [2.75, 3.05) is 13.1 Å². The minimum atomic E-state index is -4.47. The Bertz CT molecular complexity index is 1060. The Kier molecular flexibility index (Phi) is 4.72. The van der Waals surface area contributed by atoms with Gasteiger partial charge in [-0.05, 0) is 37.1 Å². The summed E-state index contributed by atoms with van der Waals surface area (Å²) < 4.78 is 91.7. The van der Waals surface area contributed by atoms with E-state index in [-0.39, 0.29) is 31.6 Å². The van der Waals surface area contributed by atoms with Crippen LogP contribution in [0.15, 0.2) is 42.5 Å². The van der Waals surface area contributed by atoms with Crippen molar-refractivity contribution in [1.82, 2.24) is 9.29 Å². The summed E-state index contributed by atoms with van der Waals surface area (Å²) in [7, 11) is -3.93. The standard InChI is InChI=1S/C19H18F5N3O2S/c20-18(21)16(17(18)8-10-27(11-9-17)30(25,28)29)15-3-1-2-14(26-15)12-4-6-13(7-5-12)19(22,23)24/h1-7,16H,8-11H2,(H2,25,28,29)/t16-/m1/s1. The fraction of sp³-hybridized carbons (Fsp3) is 0.421. The van der Waals surface area contributed by atoms with Gasteiger partial charge in [-0.1, -0.05) is 18.2 Å². The Morgan fingerprint density at radius 2 is 1.63 bits per heavy atom. The van der Waals surface area contributed by atoms with E-state index in [9.17, 15) is 30.4 Å². The van der Waals surface area contributed by atoms with Crippen LogP contribution in [0.2, 0.25) is 0 Å². The largest absolute Gasteiger partial charge is 0.416 e. The zero-order valence-corrected chi connectivity index (χ0v) is 16.4. The molecule has 1 aliphatic carbocycles. The van der Waals surface area contributed by atoms with Crippen molar-refractivity contribution in [3.63, 3.8) is 0 Å². The topological polar surface area (TPSA) is 76.3 Å². The number of rotatable bonds is 3. The molecule has 2 aliphatic rings. The minimum absolute atomic E-state index is 0.0483. The molecule has 0 radical (unpaired) electrons. The van der Waals surface area contributed by atoms with Gasteiger partial charge >= 0.3 is 6.18 Å². The van der Waals surface area contributed by atoms with E-state index >= 15 is 0 Å². The maximum absolute atomic E-state index is 14.8. The third-order valence-electron chi connectivity index (χ3n) is 6.04. The van der Waals surface area contributed by atoms with Gasteiger partial charge in [0.25, 0.3) is 16.1 Å². The highest BCUT2D eigenvalue weighted by atomic mass is 32.2. The van der Waals surface area contributed by atoms with Gasteiger partial charge < -0.3 is 0 Å². The first-order valence-corrected chi connectivity index (χ1v) is 10.7. The first-order chi connectivity index (χ1) is 13.9. The predicted octanol–water partition coefficient (Wildman–Crippen LogP) is 3.79. The second-order valence-electron chi connectivity index (χ2n) is 7.68. The zero-order chi connectivity index (χ0) is 21.9. The fourth-order valence-corrected chi connectivity index (χ4v) is 5.03. The Hall–Kier alpha value is -2.11. The highest BCUT2D eigenvalue weighted by Crippen LogP contribution is 2.75. The van der Waals surface area contributed by atoms with Gasteiger partial charge in [-0.3, -0.25) is 4.98 Å². The van der Waals surface area contributed by atoms with Crippen molar-refractivity contribution in [3.05, 3.63) is 53.7 Å². The molecule has 1 spiro atoms. The molecule has 1 saturated heterocycles. The highest BCUT2D eigenvalue weighted by molar-refractivity contribution is 7.86. The van der Waals surface area contributed by atoms with Crippen LogP contribution in [0.25, 0.3) is 11.3 Å². The van der Waals surface area contributed by atoms with Crippen LogP contribution in [0.1, 0.15) is 30.0 Å². The second-order valence-corrected chi connectivity index (χ2v) is 9.23. The van der Waals surface area contributed by atoms with Crippen LogP contribution in [-0.4, -0.2) is 36.7 Å². The Balaban J connectivity index is 1.59. The van der Waals surface area contributed by atoms with Crippen LogP contribution in [0.3, 0.4) is 0 Å². The predicted molar refractivity (Wildman–Crippen MR) is 98.7 cm³/mol. The molecule has 1 atom stereocenters. The van der Waals surface area contributed by atoms with E-state index in [1.807, 2.05) is 0 Å². The van der Waals surface area contributed by atoms with Gasteiger partial charge in [-0.15, -0.1) is 0 Å². The molecule has 30 heavy (non-hydrogen) atoms. The van der Waals surface area contributed by atoms with Gasteiger partial charge in [-0.2, -0.15) is 25.9 Å². The third kappa shape index (κ3) is 3.38. The number of nitrogens with zero attached hydrogens (tertiary/aromatic N) is 2. The molecule has 11 heteroatoms. The first-order valence-electron chi connectivity index (χ1n) is 9.16. The number of nitrogens with two attached hydrogens (primary N) is 1. The number of hydrogen-bond acceptors (Lipinski definition) is 3. The van der Waals surface area contributed by atoms with Crippen LogP contribution in [0.5, 0.6) is 0 Å². The van der Waals surface area contributed by atoms with Gasteiger partial charge in [0.05, 0.1) is 28.3 Å². The SMILES string of the molecule is NS(=O)(=O)N1CCC2(CC1)[C@@H](c1cccc(-c3ccc(C(F)(F)F)cc3)n1)C2(F)F. The van der Waals surface area contributed by atoms with Crippen molar-refractivity contribution >= 4 is 10.2 Å². The summed E-state index contributed by atoms with van der Waals surface area (Å²) in [5.74, 6) is -4.23. The Labute approximate surface area is 169 Å². The molecule has 2 heterocycles. The highest BCUT2D eigenvalue weighted by Gasteiger charge is 2.81. The van der Waals surface area contributed by atoms with Gasteiger partial charge in [0.2, 0.25) is 0 Å². The second kappa shape index (κ2) is 6.69. The molecule has 162 valence electrons. The number of pyridine rings is 1. The summed E-state index contributed by atoms with van der Waals surface area (Å²) in [6.07, 6.45) is -4.57. The van der Waals surface area contributed by atoms with Crippen molar-refractivity contribution in [2.45, 2.75) is 30.9 Å². The molecule has 0 bridgehead atoms. The van der Waals surface area contributed by atoms with E-state index in [0.717, 1.165) is 16.4 Å². The molecule has 2 aromatic rings. The van der Waals surface area contributed by atoms with Crippen LogP contribution in [0, 0.1) is 5.41 Å². The Morgan fingerprint density at radius 1 is 1.03 bits per heavy atom. The summed E-state index contributed by atoms with van der Waals surface area (Å²) in [5, 5.41) is 5.08. The first kappa shape index (κ1) is 21.1. The van der Waals surface area contributed by atoms with E-state index in [0.29, 0.717) is 11.3 Å². The lowest BCUT2D eigenvalue weighted by molar-refractivity contribution is -0.137. The van der Waals surface area contributed by atoms with Crippen LogP contribution in [0.4, 0.5) is 22.0 Å². The molecular formula is C19H18F5N3O2S. The lowest BCUT2D eigenvalue weighted by atomic mass is 9.90. The van der Waals surface area contributed by atoms with Gasteiger partial charge in [0.1, 0.15) is 0 Å². The summed E-state index contributed by atoms with van der Waals surface area (Å²) in [4.78, 5) is 4.29. The zero-order valence-electron chi connectivity index (χ0n) is 15.5. The van der Waals surface area contributed by atoms with Gasteiger partial charge in [0.15, 0.2) is 0 Å². The summed E-state index contributed by atoms with van der Waals surface area (Å²) in [6.45, 7) is -0.187. The van der Waals surface area contributed by atoms with Crippen molar-refractivity contribution in [2.24, 2.45) is 10.6 Å². The molecule has 2 fully saturated rings. The van der Waals surface area contributed by atoms with Crippen LogP contribution >= 0.6 is 0 Å². The maximum atomic E-state index is 14.8. The number of piperidine rings is 1. The van der Waals surface area contributed by atoms with Crippen LogP contribution < -0.4 is 5.14 Å². The average Bonchev–Trinajstić information content (AvgIpc) is 3.14. The molecular weight excluding hydrogens is 429 g/mol. The van der Waals surface area contributed by atoms with E-state index in [1.54, 1.807) is 6.07 Å². The monoisotopic (exact) mass is 447 g/mol. The fourth-order valence-electron chi connectivity index (χ4n) is 4.34. The van der Waals surface area contributed by atoms with Crippen LogP contribution in [-0.2, 0) is 16.4 Å². The molecule has 1 aromatic heterocycles. The molecule has 0 unspecified atom stereocenters. The smallest absolute Gasteiger partial charge is 0.252 e. The number of benzene rings is 1. The van der Waals surface area contributed by atoms with Crippen molar-refractivity contribution < 1.29 is 30.4 Å². The number of aromatic nitrogens is 1. The minimum Gasteiger partial charge on any atom is -0.252 e. The maximum Gasteiger partial charge on any atom is 0.416 e. The number of alkyl halides is 5. The number of hydrogen-bond donors (Lipinski definition) is 1. The molecule has 4 rings (SSSR count). The summed E-state index contributed by atoms with van der Waals surface area (Å²) in [6, 6.07) is 8.88. The van der Waals surface area contributed by atoms with Gasteiger partial charge in [-0.25, -0.2) is 13.9 Å². The molecule has 1 saturated carbocycles. The number of halogens is 5.